The number of halogens is 2. The number of nitrogens with two attached hydrogens (primary N) is 1. The average Bonchev–Trinajstić information content (AvgIpc) is 3.04. The Morgan fingerprint density at radius 2 is 1.72 bits per heavy atom. The molecule has 2 fully saturated rings. The summed E-state index contributed by atoms with van der Waals surface area (Å²) >= 11 is 6.36. The summed E-state index contributed by atoms with van der Waals surface area (Å²) in [6.45, 7) is 10.0. The van der Waals surface area contributed by atoms with Crippen molar-refractivity contribution in [2.24, 2.45) is 11.7 Å². The van der Waals surface area contributed by atoms with Gasteiger partial charge in [-0.1, -0.05) is 54.1 Å². The summed E-state index contributed by atoms with van der Waals surface area (Å²) in [6.07, 6.45) is 2.75. The zero-order valence-corrected chi connectivity index (χ0v) is 26.2. The molecule has 2 aliphatic rings. The summed E-state index contributed by atoms with van der Waals surface area (Å²) in [5.74, 6) is 0.618. The number of carbonyl (C=O) groups is 1. The van der Waals surface area contributed by atoms with Gasteiger partial charge < -0.3 is 20.3 Å². The molecular weight excluding hydrogens is 563 g/mol. The van der Waals surface area contributed by atoms with Crippen molar-refractivity contribution in [3.63, 3.8) is 0 Å². The van der Waals surface area contributed by atoms with Gasteiger partial charge in [-0.15, -0.1) is 0 Å². The maximum atomic E-state index is 14.9. The molecule has 0 unspecified atom stereocenters. The SMILES string of the molecule is CCOc1ccc(C)c(F)c1CN1CCN(C(=O)[C@H](N)C2CCN(CCc3cc(Cl)ccc3-c3ccccc3)CC2)CC1. The van der Waals surface area contributed by atoms with Gasteiger partial charge in [0, 0.05) is 49.9 Å². The summed E-state index contributed by atoms with van der Waals surface area (Å²) in [4.78, 5) is 19.9. The fourth-order valence-corrected chi connectivity index (χ4v) is 6.60. The van der Waals surface area contributed by atoms with E-state index in [1.807, 2.05) is 30.0 Å². The van der Waals surface area contributed by atoms with Crippen LogP contribution in [0, 0.1) is 18.7 Å². The number of rotatable bonds is 10. The third-order valence-electron chi connectivity index (χ3n) is 9.03. The summed E-state index contributed by atoms with van der Waals surface area (Å²) in [7, 11) is 0. The zero-order valence-electron chi connectivity index (χ0n) is 25.4. The van der Waals surface area contributed by atoms with Crippen molar-refractivity contribution in [3.05, 3.63) is 88.2 Å². The van der Waals surface area contributed by atoms with Gasteiger partial charge in [-0.05, 0) is 92.6 Å². The van der Waals surface area contributed by atoms with Gasteiger partial charge in [0.05, 0.1) is 12.6 Å². The van der Waals surface area contributed by atoms with E-state index in [1.165, 1.54) is 16.7 Å². The minimum atomic E-state index is -0.481. The number of aryl methyl sites for hydroxylation is 1. The monoisotopic (exact) mass is 606 g/mol. The summed E-state index contributed by atoms with van der Waals surface area (Å²) in [5.41, 5.74) is 11.5. The Kier molecular flexibility index (Phi) is 10.7. The first kappa shape index (κ1) is 31.5. The van der Waals surface area contributed by atoms with Crippen LogP contribution in [0.5, 0.6) is 5.75 Å². The van der Waals surface area contributed by atoms with Crippen LogP contribution in [0.15, 0.2) is 60.7 Å². The third kappa shape index (κ3) is 7.76. The van der Waals surface area contributed by atoms with Crippen molar-refractivity contribution < 1.29 is 13.9 Å². The number of benzene rings is 3. The van der Waals surface area contributed by atoms with Gasteiger partial charge in [0.2, 0.25) is 5.91 Å². The standard InChI is InChI=1S/C35H44ClFN4O2/c1-3-43-32-12-9-25(2)33(37)31(32)24-40-19-21-41(22-20-40)35(42)34(38)27-13-16-39(17-14-27)18-15-28-23-29(36)10-11-30(28)26-7-5-4-6-8-26/h4-12,23,27,34H,3,13-22,24,38H2,1-2H3/t34-/m1/s1. The Hall–Kier alpha value is -2.97. The fourth-order valence-electron chi connectivity index (χ4n) is 6.40. The van der Waals surface area contributed by atoms with Crippen molar-refractivity contribution in [3.8, 4) is 16.9 Å². The van der Waals surface area contributed by atoms with E-state index in [2.05, 4.69) is 46.2 Å². The maximum Gasteiger partial charge on any atom is 0.239 e. The number of likely N-dealkylation sites (tertiary alicyclic amines) is 1. The molecule has 8 heteroatoms. The summed E-state index contributed by atoms with van der Waals surface area (Å²) in [5, 5.41) is 0.760. The Morgan fingerprint density at radius 1 is 1.00 bits per heavy atom. The van der Waals surface area contributed by atoms with Crippen LogP contribution in [0.3, 0.4) is 0 Å². The van der Waals surface area contributed by atoms with Crippen LogP contribution < -0.4 is 10.5 Å². The smallest absolute Gasteiger partial charge is 0.239 e. The van der Waals surface area contributed by atoms with Crippen LogP contribution >= 0.6 is 11.6 Å². The third-order valence-corrected chi connectivity index (χ3v) is 9.27. The van der Waals surface area contributed by atoms with E-state index >= 15 is 0 Å². The Morgan fingerprint density at radius 3 is 2.42 bits per heavy atom. The van der Waals surface area contributed by atoms with Crippen molar-refractivity contribution in [1.29, 1.82) is 0 Å². The lowest BCUT2D eigenvalue weighted by Gasteiger charge is -2.39. The first-order valence-electron chi connectivity index (χ1n) is 15.6. The van der Waals surface area contributed by atoms with Gasteiger partial charge in [-0.2, -0.15) is 0 Å². The predicted octanol–water partition coefficient (Wildman–Crippen LogP) is 5.78. The van der Waals surface area contributed by atoms with E-state index in [-0.39, 0.29) is 17.6 Å². The van der Waals surface area contributed by atoms with Crippen LogP contribution in [-0.2, 0) is 17.8 Å². The van der Waals surface area contributed by atoms with Crippen LogP contribution in [0.4, 0.5) is 4.39 Å². The van der Waals surface area contributed by atoms with Gasteiger partial charge in [-0.25, -0.2) is 4.39 Å². The van der Waals surface area contributed by atoms with E-state index in [0.29, 0.717) is 56.2 Å². The molecule has 0 spiro atoms. The van der Waals surface area contributed by atoms with Gasteiger partial charge in [0.1, 0.15) is 11.6 Å². The second-order valence-electron chi connectivity index (χ2n) is 11.8. The van der Waals surface area contributed by atoms with Crippen molar-refractivity contribution in [2.75, 3.05) is 52.4 Å². The second-order valence-corrected chi connectivity index (χ2v) is 12.3. The molecular formula is C35H44ClFN4O2. The molecule has 2 N–H and O–H groups in total. The maximum absolute atomic E-state index is 14.9. The topological polar surface area (TPSA) is 62.0 Å². The number of piperazine rings is 1. The molecule has 0 aromatic heterocycles. The number of hydrogen-bond acceptors (Lipinski definition) is 5. The molecule has 43 heavy (non-hydrogen) atoms. The van der Waals surface area contributed by atoms with E-state index in [4.69, 9.17) is 22.1 Å². The zero-order chi connectivity index (χ0) is 30.3. The molecule has 3 aromatic rings. The minimum Gasteiger partial charge on any atom is -0.493 e. The lowest BCUT2D eigenvalue weighted by Crippen LogP contribution is -2.55. The number of piperidine rings is 1. The normalized spacial score (nSPS) is 17.7. The number of ether oxygens (including phenoxy) is 1. The predicted molar refractivity (Wildman–Crippen MR) is 172 cm³/mol. The minimum absolute atomic E-state index is 0.0428. The molecule has 1 atom stereocenters. The van der Waals surface area contributed by atoms with Crippen LogP contribution in [0.2, 0.25) is 5.02 Å². The van der Waals surface area contributed by atoms with Crippen LogP contribution in [0.1, 0.15) is 36.5 Å². The summed E-state index contributed by atoms with van der Waals surface area (Å²) in [6, 6.07) is 19.7. The molecule has 3 aromatic carbocycles. The lowest BCUT2D eigenvalue weighted by atomic mass is 9.88. The number of nitrogens with zero attached hydrogens (tertiary/aromatic N) is 3. The quantitative estimate of drug-likeness (QED) is 0.317. The molecule has 5 rings (SSSR count). The van der Waals surface area contributed by atoms with E-state index < -0.39 is 6.04 Å². The second kappa shape index (κ2) is 14.7. The average molecular weight is 607 g/mol. The van der Waals surface area contributed by atoms with E-state index in [1.54, 1.807) is 13.0 Å². The fraction of sp³-hybridized carbons (Fsp3) is 0.457. The van der Waals surface area contributed by atoms with Crippen molar-refractivity contribution in [2.45, 2.75) is 45.7 Å². The Bertz CT molecular complexity index is 1370. The highest BCUT2D eigenvalue weighted by molar-refractivity contribution is 6.30. The first-order valence-corrected chi connectivity index (χ1v) is 16.0. The number of hydrogen-bond donors (Lipinski definition) is 1. The van der Waals surface area contributed by atoms with Gasteiger partial charge in [-0.3, -0.25) is 9.69 Å². The van der Waals surface area contributed by atoms with Crippen molar-refractivity contribution >= 4 is 17.5 Å². The molecule has 2 saturated heterocycles. The molecule has 2 aliphatic heterocycles. The van der Waals surface area contributed by atoms with Gasteiger partial charge in [0.25, 0.3) is 0 Å². The molecule has 0 radical (unpaired) electrons. The molecule has 6 nitrogen and oxygen atoms in total. The number of amides is 1. The molecule has 0 aliphatic carbocycles. The molecule has 0 bridgehead atoms. The van der Waals surface area contributed by atoms with E-state index in [9.17, 15) is 9.18 Å². The molecule has 0 saturated carbocycles. The van der Waals surface area contributed by atoms with E-state index in [0.717, 1.165) is 43.9 Å². The Balaban J connectivity index is 1.09. The lowest BCUT2D eigenvalue weighted by molar-refractivity contribution is -0.136. The highest BCUT2D eigenvalue weighted by atomic mass is 35.5. The highest BCUT2D eigenvalue weighted by Crippen LogP contribution is 2.29. The Labute approximate surface area is 260 Å². The molecule has 1 amide bonds. The van der Waals surface area contributed by atoms with Crippen LogP contribution in [-0.4, -0.2) is 79.1 Å². The molecule has 230 valence electrons. The largest absolute Gasteiger partial charge is 0.493 e. The molecule has 2 heterocycles. The van der Waals surface area contributed by atoms with Crippen molar-refractivity contribution in [1.82, 2.24) is 14.7 Å². The number of carbonyl (C=O) groups excluding carboxylic acids is 1. The highest BCUT2D eigenvalue weighted by Gasteiger charge is 2.33. The first-order chi connectivity index (χ1) is 20.8. The summed E-state index contributed by atoms with van der Waals surface area (Å²) < 4.78 is 20.6. The van der Waals surface area contributed by atoms with Gasteiger partial charge in [0.15, 0.2) is 0 Å². The van der Waals surface area contributed by atoms with Gasteiger partial charge >= 0.3 is 0 Å². The van der Waals surface area contributed by atoms with Crippen LogP contribution in [0.25, 0.3) is 11.1 Å².